The Morgan fingerprint density at radius 3 is 2.76 bits per heavy atom. The summed E-state index contributed by atoms with van der Waals surface area (Å²) in [5, 5.41) is 15.8. The summed E-state index contributed by atoms with van der Waals surface area (Å²) in [4.78, 5) is 10.8. The molecule has 0 unspecified atom stereocenters. The summed E-state index contributed by atoms with van der Waals surface area (Å²) in [6.07, 6.45) is 0.0910. The summed E-state index contributed by atoms with van der Waals surface area (Å²) in [7, 11) is 0. The molecule has 0 spiro atoms. The minimum absolute atomic E-state index is 0.0910. The summed E-state index contributed by atoms with van der Waals surface area (Å²) in [5.74, 6) is -0.804. The molecule has 92 valence electrons. The molecular weight excluding hydrogens is 307 g/mol. The fourth-order valence-electron chi connectivity index (χ4n) is 1.85. The largest absolute Gasteiger partial charge is 0.481 e. The van der Waals surface area contributed by atoms with Gasteiger partial charge in [-0.3, -0.25) is 4.79 Å². The van der Waals surface area contributed by atoms with Gasteiger partial charge in [-0.1, -0.05) is 11.6 Å². The number of hydrogen-bond acceptors (Lipinski definition) is 3. The molecule has 1 aliphatic rings. The smallest absolute Gasteiger partial charge is 0.305 e. The van der Waals surface area contributed by atoms with Gasteiger partial charge in [0, 0.05) is 23.2 Å². The Balaban J connectivity index is 2.13. The second-order valence-corrected chi connectivity index (χ2v) is 5.47. The van der Waals surface area contributed by atoms with Crippen LogP contribution in [-0.4, -0.2) is 29.7 Å². The number of rotatable bonds is 4. The minimum atomic E-state index is -0.804. The van der Waals surface area contributed by atoms with Gasteiger partial charge in [0.2, 0.25) is 0 Å². The number of carboxylic acid groups (broad SMARTS) is 1. The second-order valence-electron chi connectivity index (χ2n) is 4.21. The van der Waals surface area contributed by atoms with Gasteiger partial charge in [-0.15, -0.1) is 0 Å². The van der Waals surface area contributed by atoms with Crippen molar-refractivity contribution in [3.8, 4) is 0 Å². The molecule has 0 amide bonds. The lowest BCUT2D eigenvalue weighted by atomic mass is 9.88. The zero-order valence-corrected chi connectivity index (χ0v) is 11.3. The van der Waals surface area contributed by atoms with Crippen molar-refractivity contribution in [1.82, 2.24) is 5.32 Å². The molecule has 1 aliphatic heterocycles. The van der Waals surface area contributed by atoms with Crippen molar-refractivity contribution in [1.29, 1.82) is 0 Å². The zero-order chi connectivity index (χ0) is 12.5. The molecule has 6 heteroatoms. The molecule has 2 rings (SSSR count). The van der Waals surface area contributed by atoms with Crippen LogP contribution in [-0.2, 0) is 4.79 Å². The van der Waals surface area contributed by atoms with Crippen LogP contribution in [0.3, 0.4) is 0 Å². The van der Waals surface area contributed by atoms with Crippen LogP contribution in [0.25, 0.3) is 0 Å². The Morgan fingerprint density at radius 2 is 2.29 bits per heavy atom. The molecule has 0 aromatic heterocycles. The van der Waals surface area contributed by atoms with Crippen LogP contribution in [0, 0.1) is 0 Å². The molecule has 1 aromatic carbocycles. The second kappa shape index (κ2) is 4.84. The Bertz CT molecular complexity index is 449. The topological polar surface area (TPSA) is 61.4 Å². The summed E-state index contributed by atoms with van der Waals surface area (Å²) >= 11 is 9.30. The SMILES string of the molecule is O=C(O)CC1(Nc2ccc(Br)c(Cl)c2)CNC1. The highest BCUT2D eigenvalue weighted by atomic mass is 79.9. The normalized spacial score (nSPS) is 17.3. The van der Waals surface area contributed by atoms with Crippen molar-refractivity contribution in [2.45, 2.75) is 12.0 Å². The highest BCUT2D eigenvalue weighted by molar-refractivity contribution is 9.10. The van der Waals surface area contributed by atoms with Crippen molar-refractivity contribution in [2.75, 3.05) is 18.4 Å². The third-order valence-electron chi connectivity index (χ3n) is 2.75. The molecule has 0 aliphatic carbocycles. The summed E-state index contributed by atoms with van der Waals surface area (Å²) in [6.45, 7) is 1.29. The first-order valence-corrected chi connectivity index (χ1v) is 6.34. The summed E-state index contributed by atoms with van der Waals surface area (Å²) < 4.78 is 0.823. The lowest BCUT2D eigenvalue weighted by Crippen LogP contribution is -2.65. The summed E-state index contributed by atoms with van der Waals surface area (Å²) in [5.41, 5.74) is 0.434. The van der Waals surface area contributed by atoms with Crippen molar-refractivity contribution in [3.05, 3.63) is 27.7 Å². The molecule has 4 nitrogen and oxygen atoms in total. The number of aliphatic carboxylic acids is 1. The quantitative estimate of drug-likeness (QED) is 0.797. The Hall–Kier alpha value is -0.780. The molecule has 17 heavy (non-hydrogen) atoms. The number of carboxylic acids is 1. The van der Waals surface area contributed by atoms with E-state index in [0.717, 1.165) is 10.2 Å². The lowest BCUT2D eigenvalue weighted by Gasteiger charge is -2.43. The van der Waals surface area contributed by atoms with E-state index in [0.29, 0.717) is 18.1 Å². The van der Waals surface area contributed by atoms with Crippen LogP contribution in [0.2, 0.25) is 5.02 Å². The van der Waals surface area contributed by atoms with E-state index < -0.39 is 11.5 Å². The van der Waals surface area contributed by atoms with E-state index in [1.165, 1.54) is 0 Å². The van der Waals surface area contributed by atoms with E-state index in [1.54, 1.807) is 6.07 Å². The van der Waals surface area contributed by atoms with Gasteiger partial charge < -0.3 is 15.7 Å². The maximum Gasteiger partial charge on any atom is 0.305 e. The van der Waals surface area contributed by atoms with Crippen molar-refractivity contribution >= 4 is 39.2 Å². The van der Waals surface area contributed by atoms with Gasteiger partial charge >= 0.3 is 5.97 Å². The third kappa shape index (κ3) is 2.91. The molecule has 1 aromatic rings. The fourth-order valence-corrected chi connectivity index (χ4v) is 2.28. The number of hydrogen-bond donors (Lipinski definition) is 3. The first-order valence-electron chi connectivity index (χ1n) is 5.17. The van der Waals surface area contributed by atoms with Crippen molar-refractivity contribution in [3.63, 3.8) is 0 Å². The standard InChI is InChI=1S/C11H12BrClN2O2/c12-8-2-1-7(3-9(8)13)15-11(4-10(16)17)5-14-6-11/h1-3,14-15H,4-6H2,(H,16,17). The first-order chi connectivity index (χ1) is 8.01. The van der Waals surface area contributed by atoms with Gasteiger partial charge in [0.1, 0.15) is 0 Å². The molecule has 0 bridgehead atoms. The van der Waals surface area contributed by atoms with Gasteiger partial charge in [0.15, 0.2) is 0 Å². The van der Waals surface area contributed by atoms with Crippen LogP contribution in [0.5, 0.6) is 0 Å². The van der Waals surface area contributed by atoms with E-state index >= 15 is 0 Å². The number of halogens is 2. The fraction of sp³-hybridized carbons (Fsp3) is 0.364. The maximum atomic E-state index is 10.8. The molecule has 1 fully saturated rings. The van der Waals surface area contributed by atoms with Gasteiger partial charge in [0.25, 0.3) is 0 Å². The van der Waals surface area contributed by atoms with E-state index in [1.807, 2.05) is 12.1 Å². The Labute approximate surface area is 112 Å². The molecular formula is C11H12BrClN2O2. The third-order valence-corrected chi connectivity index (χ3v) is 3.98. The van der Waals surface area contributed by atoms with Crippen LogP contribution in [0.4, 0.5) is 5.69 Å². The monoisotopic (exact) mass is 318 g/mol. The van der Waals surface area contributed by atoms with Crippen LogP contribution in [0.15, 0.2) is 22.7 Å². The Morgan fingerprint density at radius 1 is 1.59 bits per heavy atom. The van der Waals surface area contributed by atoms with Crippen LogP contribution in [0.1, 0.15) is 6.42 Å². The van der Waals surface area contributed by atoms with E-state index in [2.05, 4.69) is 26.6 Å². The highest BCUT2D eigenvalue weighted by Gasteiger charge is 2.39. The maximum absolute atomic E-state index is 10.8. The van der Waals surface area contributed by atoms with Gasteiger partial charge in [-0.05, 0) is 34.1 Å². The lowest BCUT2D eigenvalue weighted by molar-refractivity contribution is -0.138. The molecule has 0 atom stereocenters. The number of anilines is 1. The number of nitrogens with one attached hydrogen (secondary N) is 2. The predicted molar refractivity (Wildman–Crippen MR) is 70.6 cm³/mol. The van der Waals surface area contributed by atoms with Crippen molar-refractivity contribution in [2.24, 2.45) is 0 Å². The molecule has 1 saturated heterocycles. The summed E-state index contributed by atoms with van der Waals surface area (Å²) in [6, 6.07) is 5.50. The predicted octanol–water partition coefficient (Wildman–Crippen LogP) is 2.33. The first kappa shape index (κ1) is 12.7. The van der Waals surface area contributed by atoms with Crippen molar-refractivity contribution < 1.29 is 9.90 Å². The van der Waals surface area contributed by atoms with Crippen LogP contribution < -0.4 is 10.6 Å². The molecule has 0 saturated carbocycles. The zero-order valence-electron chi connectivity index (χ0n) is 8.96. The van der Waals surface area contributed by atoms with E-state index in [4.69, 9.17) is 16.7 Å². The number of carbonyl (C=O) groups is 1. The minimum Gasteiger partial charge on any atom is -0.481 e. The molecule has 3 N–H and O–H groups in total. The van der Waals surface area contributed by atoms with Gasteiger partial charge in [-0.25, -0.2) is 0 Å². The average molecular weight is 320 g/mol. The van der Waals surface area contributed by atoms with Gasteiger partial charge in [0.05, 0.1) is 17.0 Å². The van der Waals surface area contributed by atoms with Gasteiger partial charge in [-0.2, -0.15) is 0 Å². The molecule has 0 radical (unpaired) electrons. The Kier molecular flexibility index (Phi) is 3.61. The van der Waals surface area contributed by atoms with Crippen LogP contribution >= 0.6 is 27.5 Å². The van der Waals surface area contributed by atoms with E-state index in [9.17, 15) is 4.79 Å². The van der Waals surface area contributed by atoms with E-state index in [-0.39, 0.29) is 6.42 Å². The number of benzene rings is 1. The molecule has 1 heterocycles. The average Bonchev–Trinajstić information content (AvgIpc) is 2.19. The highest BCUT2D eigenvalue weighted by Crippen LogP contribution is 2.29.